The van der Waals surface area contributed by atoms with Crippen LogP contribution in [0, 0.1) is 11.7 Å². The molecule has 0 bridgehead atoms. The van der Waals surface area contributed by atoms with Crippen molar-refractivity contribution in [2.45, 2.75) is 19.8 Å². The number of nitrogens with two attached hydrogens (primary N) is 1. The van der Waals surface area contributed by atoms with Crippen LogP contribution < -0.4 is 10.5 Å². The van der Waals surface area contributed by atoms with Crippen molar-refractivity contribution in [3.8, 4) is 0 Å². The van der Waals surface area contributed by atoms with Crippen LogP contribution >= 0.6 is 12.2 Å². The molecule has 0 saturated carbocycles. The Kier molecular flexibility index (Phi) is 4.80. The van der Waals surface area contributed by atoms with E-state index in [0.29, 0.717) is 19.0 Å². The van der Waals surface area contributed by atoms with E-state index in [0.717, 1.165) is 12.8 Å². The highest BCUT2D eigenvalue weighted by atomic mass is 32.2. The fourth-order valence-corrected chi connectivity index (χ4v) is 3.76. The number of anilines is 1. The van der Waals surface area contributed by atoms with Gasteiger partial charge >= 0.3 is 10.2 Å². The van der Waals surface area contributed by atoms with Crippen LogP contribution in [0.5, 0.6) is 0 Å². The molecule has 0 spiro atoms. The Hall–Kier alpha value is -1.25. The number of hydrogen-bond acceptors (Lipinski definition) is 3. The van der Waals surface area contributed by atoms with Gasteiger partial charge in [0, 0.05) is 13.1 Å². The highest BCUT2D eigenvalue weighted by molar-refractivity contribution is 7.90. The van der Waals surface area contributed by atoms with E-state index < -0.39 is 16.0 Å². The van der Waals surface area contributed by atoms with E-state index in [1.54, 1.807) is 0 Å². The summed E-state index contributed by atoms with van der Waals surface area (Å²) in [5, 5.41) is 0. The number of piperidine rings is 1. The SMILES string of the molecule is CC1CCN(S(=O)(=O)Nc2cccc(F)c2C(N)=S)CC1. The first-order chi connectivity index (χ1) is 9.81. The Labute approximate surface area is 129 Å². The minimum Gasteiger partial charge on any atom is -0.389 e. The number of hydrogen-bond donors (Lipinski definition) is 2. The van der Waals surface area contributed by atoms with Gasteiger partial charge in [-0.25, -0.2) is 4.39 Å². The van der Waals surface area contributed by atoms with E-state index in [4.69, 9.17) is 18.0 Å². The molecule has 5 nitrogen and oxygen atoms in total. The molecule has 2 rings (SSSR count). The van der Waals surface area contributed by atoms with Gasteiger partial charge < -0.3 is 5.73 Å². The molecule has 8 heteroatoms. The predicted octanol–water partition coefficient (Wildman–Crippen LogP) is 1.85. The van der Waals surface area contributed by atoms with Gasteiger partial charge in [-0.2, -0.15) is 12.7 Å². The molecule has 1 aromatic carbocycles. The summed E-state index contributed by atoms with van der Waals surface area (Å²) in [5.74, 6) is -0.132. The molecule has 0 aliphatic carbocycles. The van der Waals surface area contributed by atoms with Crippen LogP contribution in [-0.4, -0.2) is 30.8 Å². The lowest BCUT2D eigenvalue weighted by Crippen LogP contribution is -2.41. The molecular weight excluding hydrogens is 313 g/mol. The molecule has 1 aromatic rings. The van der Waals surface area contributed by atoms with Crippen molar-refractivity contribution >= 4 is 33.1 Å². The summed E-state index contributed by atoms with van der Waals surface area (Å²) in [6.45, 7) is 3.00. The molecular formula is C13H18FN3O2S2. The highest BCUT2D eigenvalue weighted by Crippen LogP contribution is 2.23. The van der Waals surface area contributed by atoms with E-state index in [1.807, 2.05) is 0 Å². The number of nitrogens with one attached hydrogen (secondary N) is 1. The second kappa shape index (κ2) is 6.25. The van der Waals surface area contributed by atoms with Crippen LogP contribution in [0.15, 0.2) is 18.2 Å². The largest absolute Gasteiger partial charge is 0.389 e. The van der Waals surface area contributed by atoms with Gasteiger partial charge in [-0.1, -0.05) is 25.2 Å². The number of thiocarbonyl (C=S) groups is 1. The summed E-state index contributed by atoms with van der Waals surface area (Å²) >= 11 is 4.79. The summed E-state index contributed by atoms with van der Waals surface area (Å²) in [6, 6.07) is 4.05. The molecule has 1 aliphatic heterocycles. The Balaban J connectivity index is 2.25. The summed E-state index contributed by atoms with van der Waals surface area (Å²) < 4.78 is 42.2. The number of halogens is 1. The molecule has 0 radical (unpaired) electrons. The molecule has 0 aromatic heterocycles. The van der Waals surface area contributed by atoms with Crippen molar-refractivity contribution in [2.24, 2.45) is 11.7 Å². The van der Waals surface area contributed by atoms with Gasteiger partial charge in [0.25, 0.3) is 0 Å². The Morgan fingerprint density at radius 2 is 2.05 bits per heavy atom. The number of benzene rings is 1. The maximum Gasteiger partial charge on any atom is 0.301 e. The molecule has 1 aliphatic rings. The third-order valence-electron chi connectivity index (χ3n) is 3.58. The summed E-state index contributed by atoms with van der Waals surface area (Å²) in [7, 11) is -3.73. The van der Waals surface area contributed by atoms with Crippen molar-refractivity contribution in [1.82, 2.24) is 4.31 Å². The van der Waals surface area contributed by atoms with Crippen LogP contribution in [0.25, 0.3) is 0 Å². The van der Waals surface area contributed by atoms with E-state index in [-0.39, 0.29) is 16.2 Å². The van der Waals surface area contributed by atoms with Gasteiger partial charge in [0.05, 0.1) is 11.3 Å². The molecule has 21 heavy (non-hydrogen) atoms. The minimum absolute atomic E-state index is 0.0705. The van der Waals surface area contributed by atoms with Crippen LogP contribution in [0.1, 0.15) is 25.3 Å². The van der Waals surface area contributed by atoms with Crippen LogP contribution in [-0.2, 0) is 10.2 Å². The van der Waals surface area contributed by atoms with E-state index >= 15 is 0 Å². The normalized spacial score (nSPS) is 17.6. The highest BCUT2D eigenvalue weighted by Gasteiger charge is 2.27. The van der Waals surface area contributed by atoms with Crippen LogP contribution in [0.3, 0.4) is 0 Å². The zero-order valence-corrected chi connectivity index (χ0v) is 13.3. The van der Waals surface area contributed by atoms with Gasteiger partial charge in [0.1, 0.15) is 10.8 Å². The van der Waals surface area contributed by atoms with Gasteiger partial charge in [-0.05, 0) is 30.9 Å². The second-order valence-electron chi connectivity index (χ2n) is 5.22. The predicted molar refractivity (Wildman–Crippen MR) is 84.8 cm³/mol. The van der Waals surface area contributed by atoms with Gasteiger partial charge in [-0.3, -0.25) is 4.72 Å². The fourth-order valence-electron chi connectivity index (χ4n) is 2.29. The van der Waals surface area contributed by atoms with Gasteiger partial charge in [0.15, 0.2) is 0 Å². The summed E-state index contributed by atoms with van der Waals surface area (Å²) in [6.07, 6.45) is 1.62. The monoisotopic (exact) mass is 331 g/mol. The summed E-state index contributed by atoms with van der Waals surface area (Å²) in [5.41, 5.74) is 5.46. The Morgan fingerprint density at radius 3 is 2.62 bits per heavy atom. The molecule has 0 atom stereocenters. The van der Waals surface area contributed by atoms with Crippen molar-refractivity contribution in [1.29, 1.82) is 0 Å². The zero-order chi connectivity index (χ0) is 15.6. The third-order valence-corrected chi connectivity index (χ3v) is 5.31. The molecule has 3 N–H and O–H groups in total. The second-order valence-corrected chi connectivity index (χ2v) is 7.33. The van der Waals surface area contributed by atoms with Crippen LogP contribution in [0.4, 0.5) is 10.1 Å². The van der Waals surface area contributed by atoms with Crippen LogP contribution in [0.2, 0.25) is 0 Å². The molecule has 1 heterocycles. The average molecular weight is 331 g/mol. The molecule has 0 amide bonds. The maximum absolute atomic E-state index is 13.8. The first kappa shape index (κ1) is 16.1. The Bertz CT molecular complexity index is 641. The summed E-state index contributed by atoms with van der Waals surface area (Å²) in [4.78, 5) is -0.182. The number of nitrogens with zero attached hydrogens (tertiary/aromatic N) is 1. The molecule has 0 unspecified atom stereocenters. The fraction of sp³-hybridized carbons (Fsp3) is 0.462. The van der Waals surface area contributed by atoms with Gasteiger partial charge in [-0.15, -0.1) is 0 Å². The smallest absolute Gasteiger partial charge is 0.301 e. The van der Waals surface area contributed by atoms with Crippen molar-refractivity contribution in [3.05, 3.63) is 29.6 Å². The van der Waals surface area contributed by atoms with E-state index in [2.05, 4.69) is 11.6 Å². The number of rotatable bonds is 4. The third kappa shape index (κ3) is 3.69. The quantitative estimate of drug-likeness (QED) is 0.826. The van der Waals surface area contributed by atoms with Crippen molar-refractivity contribution in [3.63, 3.8) is 0 Å². The van der Waals surface area contributed by atoms with Crippen molar-refractivity contribution in [2.75, 3.05) is 17.8 Å². The minimum atomic E-state index is -3.73. The Morgan fingerprint density at radius 1 is 1.43 bits per heavy atom. The average Bonchev–Trinajstić information content (AvgIpc) is 2.38. The molecule has 116 valence electrons. The first-order valence-electron chi connectivity index (χ1n) is 6.67. The molecule has 1 fully saturated rings. The lowest BCUT2D eigenvalue weighted by Gasteiger charge is -2.29. The lowest BCUT2D eigenvalue weighted by atomic mass is 10.0. The van der Waals surface area contributed by atoms with Gasteiger partial charge in [0.2, 0.25) is 0 Å². The first-order valence-corrected chi connectivity index (χ1v) is 8.52. The zero-order valence-electron chi connectivity index (χ0n) is 11.7. The lowest BCUT2D eigenvalue weighted by molar-refractivity contribution is 0.289. The topological polar surface area (TPSA) is 75.4 Å². The van der Waals surface area contributed by atoms with Crippen molar-refractivity contribution < 1.29 is 12.8 Å². The van der Waals surface area contributed by atoms with E-state index in [9.17, 15) is 12.8 Å². The standard InChI is InChI=1S/C13H18FN3O2S2/c1-9-5-7-17(8-6-9)21(18,19)16-11-4-2-3-10(14)12(11)13(15)20/h2-4,9,16H,5-8H2,1H3,(H2,15,20). The molecule has 1 saturated heterocycles. The van der Waals surface area contributed by atoms with E-state index in [1.165, 1.54) is 22.5 Å². The maximum atomic E-state index is 13.8.